The second kappa shape index (κ2) is 5.56. The number of hydrogen-bond donors (Lipinski definition) is 1. The monoisotopic (exact) mass is 225 g/mol. The zero-order valence-electron chi connectivity index (χ0n) is 4.86. The molecule has 0 aromatic heterocycles. The zero-order chi connectivity index (χ0) is 6.41. The van der Waals surface area contributed by atoms with Gasteiger partial charge in [-0.05, 0) is 6.92 Å². The number of alkyl halides is 1. The Hall–Kier alpha value is 0.425. The molecule has 2 nitrogen and oxygen atoms in total. The Bertz CT molecular complexity index is 71.1. The predicted molar refractivity (Wildman–Crippen MR) is 45.4 cm³/mol. The average molecular weight is 225 g/mol. The van der Waals surface area contributed by atoms with Crippen molar-refractivity contribution in [3.63, 3.8) is 0 Å². The van der Waals surface area contributed by atoms with Gasteiger partial charge >= 0.3 is 0 Å². The molecule has 0 aliphatic heterocycles. The lowest BCUT2D eigenvalue weighted by molar-refractivity contribution is 0.567. The Morgan fingerprint density at radius 2 is 2.62 bits per heavy atom. The predicted octanol–water partition coefficient (Wildman–Crippen LogP) is -0.0588. The summed E-state index contributed by atoms with van der Waals surface area (Å²) in [7, 11) is 0.476. The highest BCUT2D eigenvalue weighted by Crippen LogP contribution is 1.86. The van der Waals surface area contributed by atoms with E-state index in [-0.39, 0.29) is 0 Å². The topological polar surface area (TPSA) is 29.1 Å². The summed E-state index contributed by atoms with van der Waals surface area (Å²) >= 11 is 2.27. The first-order chi connectivity index (χ1) is 3.81. The van der Waals surface area contributed by atoms with Crippen molar-refractivity contribution < 1.29 is 4.79 Å². The van der Waals surface area contributed by atoms with Gasteiger partial charge in [0, 0.05) is 10.5 Å². The molecular weight excluding hydrogens is 216 g/mol. The van der Waals surface area contributed by atoms with Crippen molar-refractivity contribution in [1.29, 1.82) is 0 Å². The molecule has 0 amide bonds. The summed E-state index contributed by atoms with van der Waals surface area (Å²) in [5, 5.41) is 3.01. The van der Waals surface area contributed by atoms with E-state index >= 15 is 0 Å². The molecule has 0 bridgehead atoms. The third kappa shape index (κ3) is 4.58. The Labute approximate surface area is 63.8 Å². The van der Waals surface area contributed by atoms with E-state index in [1.54, 1.807) is 0 Å². The number of hydrogen-bond acceptors (Lipinski definition) is 2. The minimum atomic E-state index is 0.459. The molecule has 0 aromatic rings. The van der Waals surface area contributed by atoms with Gasteiger partial charge in [-0.1, -0.05) is 22.6 Å². The Morgan fingerprint density at radius 1 is 2.00 bits per heavy atom. The maximum absolute atomic E-state index is 9.76. The van der Waals surface area contributed by atoms with Crippen LogP contribution in [0.15, 0.2) is 0 Å². The van der Waals surface area contributed by atoms with E-state index in [1.807, 2.05) is 0 Å². The van der Waals surface area contributed by atoms with Crippen LogP contribution in [0, 0.1) is 0 Å². The second-order valence-electron chi connectivity index (χ2n) is 1.63. The summed E-state index contributed by atoms with van der Waals surface area (Å²) in [6.45, 7) is 2.05. The lowest BCUT2D eigenvalue weighted by Gasteiger charge is -2.04. The van der Waals surface area contributed by atoms with Gasteiger partial charge < -0.3 is 10.0 Å². The first-order valence-corrected chi connectivity index (χ1v) is 4.06. The maximum Gasteiger partial charge on any atom is 0.278 e. The molecule has 0 saturated carbocycles. The molecule has 0 heterocycles. The first kappa shape index (κ1) is 8.42. The zero-order valence-corrected chi connectivity index (χ0v) is 7.01. The van der Waals surface area contributed by atoms with Gasteiger partial charge in [0.1, 0.15) is 0 Å². The van der Waals surface area contributed by atoms with Gasteiger partial charge in [-0.3, -0.25) is 0 Å². The number of rotatable bonds is 4. The van der Waals surface area contributed by atoms with Gasteiger partial charge in [0.05, 0.1) is 6.19 Å². The molecule has 0 unspecified atom stereocenters. The van der Waals surface area contributed by atoms with Crippen molar-refractivity contribution >= 4 is 36.2 Å². The summed E-state index contributed by atoms with van der Waals surface area (Å²) in [5.74, 6) is 0. The van der Waals surface area contributed by atoms with E-state index in [1.165, 1.54) is 0 Å². The molecule has 0 rings (SSSR count). The third-order valence-corrected chi connectivity index (χ3v) is 2.10. The van der Waals surface area contributed by atoms with Crippen molar-refractivity contribution in [2.75, 3.05) is 4.43 Å². The van der Waals surface area contributed by atoms with Crippen LogP contribution in [0.4, 0.5) is 0 Å². The summed E-state index contributed by atoms with van der Waals surface area (Å²) in [6.07, 6.45) is 0.878. The van der Waals surface area contributed by atoms with Crippen LogP contribution in [-0.4, -0.2) is 24.1 Å². The molecule has 8 heavy (non-hydrogen) atoms. The van der Waals surface area contributed by atoms with Crippen LogP contribution in [0.25, 0.3) is 0 Å². The number of nitrogens with one attached hydrogen (secondary N) is 1. The highest BCUT2D eigenvalue weighted by Gasteiger charge is 1.95. The van der Waals surface area contributed by atoms with Crippen LogP contribution < -0.4 is 5.23 Å². The first-order valence-electron chi connectivity index (χ1n) is 2.54. The number of halogens is 1. The van der Waals surface area contributed by atoms with Gasteiger partial charge in [0.15, 0.2) is 0 Å². The molecule has 0 fully saturated rings. The molecule has 0 aliphatic carbocycles. The molecule has 46 valence electrons. The molecule has 0 radical (unpaired) electrons. The Morgan fingerprint density at radius 3 is 3.00 bits per heavy atom. The summed E-state index contributed by atoms with van der Waals surface area (Å²) in [4.78, 5) is 9.76. The van der Waals surface area contributed by atoms with Crippen LogP contribution in [0.2, 0.25) is 0 Å². The van der Waals surface area contributed by atoms with Gasteiger partial charge in [0.25, 0.3) is 7.41 Å². The summed E-state index contributed by atoms with van der Waals surface area (Å²) in [6, 6.07) is 0.459. The van der Waals surface area contributed by atoms with Crippen LogP contribution >= 0.6 is 22.6 Å². The third-order valence-electron chi connectivity index (χ3n) is 0.781. The minimum Gasteiger partial charge on any atom is -0.350 e. The van der Waals surface area contributed by atoms with Crippen molar-refractivity contribution in [1.82, 2.24) is 5.23 Å². The highest BCUT2D eigenvalue weighted by molar-refractivity contribution is 14.1. The van der Waals surface area contributed by atoms with E-state index < -0.39 is 0 Å². The van der Waals surface area contributed by atoms with Gasteiger partial charge in [0.2, 0.25) is 0 Å². The van der Waals surface area contributed by atoms with E-state index in [2.05, 4.69) is 34.7 Å². The molecule has 0 spiro atoms. The molecular formula is C4H9BINO. The molecule has 0 saturated heterocycles. The van der Waals surface area contributed by atoms with Crippen molar-refractivity contribution in [2.45, 2.75) is 13.0 Å². The van der Waals surface area contributed by atoms with Gasteiger partial charge in [-0.25, -0.2) is 0 Å². The maximum atomic E-state index is 9.76. The summed E-state index contributed by atoms with van der Waals surface area (Å²) < 4.78 is 1.05. The highest BCUT2D eigenvalue weighted by atomic mass is 127. The molecule has 1 N–H and O–H groups in total. The van der Waals surface area contributed by atoms with Gasteiger partial charge in [-0.15, -0.1) is 0 Å². The van der Waals surface area contributed by atoms with Crippen LogP contribution in [0.5, 0.6) is 0 Å². The molecule has 0 aromatic carbocycles. The Kier molecular flexibility index (Phi) is 5.85. The molecule has 0 aliphatic rings. The summed E-state index contributed by atoms with van der Waals surface area (Å²) in [5.41, 5.74) is 0. The lowest BCUT2D eigenvalue weighted by Crippen LogP contribution is -2.31. The van der Waals surface area contributed by atoms with Crippen LogP contribution in [0.3, 0.4) is 0 Å². The molecule has 4 heteroatoms. The fourth-order valence-electron chi connectivity index (χ4n) is 0.304. The average Bonchev–Trinajstić information content (AvgIpc) is 1.83. The second-order valence-corrected chi connectivity index (χ2v) is 2.51. The largest absolute Gasteiger partial charge is 0.350 e. The van der Waals surface area contributed by atoms with Crippen LogP contribution in [0.1, 0.15) is 6.92 Å². The van der Waals surface area contributed by atoms with Crippen LogP contribution in [-0.2, 0) is 4.79 Å². The van der Waals surface area contributed by atoms with Crippen molar-refractivity contribution in [3.05, 3.63) is 0 Å². The fraction of sp³-hybridized carbons (Fsp3) is 0.750. The lowest BCUT2D eigenvalue weighted by atomic mass is 9.98. The van der Waals surface area contributed by atoms with Crippen molar-refractivity contribution in [3.8, 4) is 0 Å². The van der Waals surface area contributed by atoms with E-state index in [0.717, 1.165) is 10.6 Å². The minimum absolute atomic E-state index is 0.459. The van der Waals surface area contributed by atoms with E-state index in [4.69, 9.17) is 0 Å². The van der Waals surface area contributed by atoms with E-state index in [9.17, 15) is 4.79 Å². The Balaban J connectivity index is 2.97. The van der Waals surface area contributed by atoms with E-state index in [0.29, 0.717) is 13.5 Å². The quantitative estimate of drug-likeness (QED) is 0.314. The number of carbonyl (C=O) groups is 1. The fourth-order valence-corrected chi connectivity index (χ4v) is 0.615. The number of carbonyl (C=O) groups excluding carboxylic acids is 1. The van der Waals surface area contributed by atoms with Crippen molar-refractivity contribution in [2.24, 2.45) is 0 Å². The standard InChI is InChI=1S/C4H9BINO/c1-4(2-6)7-5-3-8/h3-5,7H,2H2,1H3/t4-/m1/s1. The van der Waals surface area contributed by atoms with Gasteiger partial charge in [-0.2, -0.15) is 0 Å². The SMILES string of the molecule is C[C@H](CI)NBC=O. The smallest absolute Gasteiger partial charge is 0.278 e. The molecule has 1 atom stereocenters. The normalized spacial score (nSPS) is 12.8.